The number of alkyl halides is 2. The van der Waals surface area contributed by atoms with Crippen LogP contribution in [0.3, 0.4) is 0 Å². The quantitative estimate of drug-likeness (QED) is 0.665. The van der Waals surface area contributed by atoms with E-state index in [9.17, 15) is 14.4 Å². The molecular formula is C21H28F2N2O4. The maximum atomic E-state index is 15.6. The molecule has 6 aliphatic rings. The maximum absolute atomic E-state index is 15.6. The van der Waals surface area contributed by atoms with E-state index in [1.54, 1.807) is 0 Å². The fourth-order valence-corrected chi connectivity index (χ4v) is 6.22. The normalized spacial score (nSPS) is 43.6. The molecule has 0 radical (unpaired) electrons. The Kier molecular flexibility index (Phi) is 3.92. The second-order valence-corrected chi connectivity index (χ2v) is 10.1. The number of methoxy groups -OCH3 is 1. The Morgan fingerprint density at radius 2 is 1.59 bits per heavy atom. The third-order valence-corrected chi connectivity index (χ3v) is 8.41. The summed E-state index contributed by atoms with van der Waals surface area (Å²) in [6, 6.07) is 0. The van der Waals surface area contributed by atoms with Gasteiger partial charge in [-0.1, -0.05) is 0 Å². The summed E-state index contributed by atoms with van der Waals surface area (Å²) in [5, 5.41) is 0. The number of esters is 1. The summed E-state index contributed by atoms with van der Waals surface area (Å²) in [5.74, 6) is -0.903. The van der Waals surface area contributed by atoms with Crippen LogP contribution in [0.4, 0.5) is 8.78 Å². The van der Waals surface area contributed by atoms with E-state index in [-0.39, 0.29) is 25.0 Å². The highest BCUT2D eigenvalue weighted by atomic mass is 19.2. The third kappa shape index (κ3) is 2.53. The molecule has 0 aromatic heterocycles. The number of amides is 2. The molecule has 2 heterocycles. The van der Waals surface area contributed by atoms with Crippen LogP contribution in [0.5, 0.6) is 0 Å². The van der Waals surface area contributed by atoms with Gasteiger partial charge in [0.15, 0.2) is 5.67 Å². The van der Waals surface area contributed by atoms with E-state index < -0.39 is 34.6 Å². The molecule has 6 nitrogen and oxygen atoms in total. The Morgan fingerprint density at radius 3 is 2.10 bits per heavy atom. The fraction of sp³-hybridized carbons (Fsp3) is 0.857. The minimum absolute atomic E-state index is 0.222. The summed E-state index contributed by atoms with van der Waals surface area (Å²) >= 11 is 0. The number of rotatable bonds is 4. The summed E-state index contributed by atoms with van der Waals surface area (Å²) in [7, 11) is 1.38. The lowest BCUT2D eigenvalue weighted by molar-refractivity contribution is -0.169. The van der Waals surface area contributed by atoms with Crippen LogP contribution in [0, 0.1) is 16.7 Å². The maximum Gasteiger partial charge on any atom is 0.311 e. The minimum atomic E-state index is -2.63. The van der Waals surface area contributed by atoms with E-state index in [1.165, 1.54) is 16.9 Å². The first-order chi connectivity index (χ1) is 13.7. The average molecular weight is 410 g/mol. The largest absolute Gasteiger partial charge is 0.469 e. The minimum Gasteiger partial charge on any atom is -0.469 e. The number of nitrogens with zero attached hydrogens (tertiary/aromatic N) is 2. The monoisotopic (exact) mass is 410 g/mol. The van der Waals surface area contributed by atoms with Gasteiger partial charge in [-0.3, -0.25) is 14.4 Å². The molecule has 2 saturated heterocycles. The number of carbonyl (C=O) groups is 3. The molecule has 0 spiro atoms. The van der Waals surface area contributed by atoms with Crippen LogP contribution in [-0.2, 0) is 19.1 Å². The van der Waals surface area contributed by atoms with Crippen molar-refractivity contribution in [2.45, 2.75) is 62.7 Å². The van der Waals surface area contributed by atoms with Crippen molar-refractivity contribution >= 4 is 17.8 Å². The van der Waals surface area contributed by atoms with Crippen LogP contribution < -0.4 is 0 Å². The number of likely N-dealkylation sites (tertiary alicyclic amines) is 2. The third-order valence-electron chi connectivity index (χ3n) is 8.41. The molecule has 0 unspecified atom stereocenters. The first kappa shape index (κ1) is 19.2. The van der Waals surface area contributed by atoms with Gasteiger partial charge >= 0.3 is 5.97 Å². The SMILES string of the molecule is COC(=O)C12CCC(C(=O)N3C[C@@]4(F)CN(CC5CC5)C(=O)[C@@]4(F)C3)(CC1)CC2. The van der Waals surface area contributed by atoms with E-state index in [0.29, 0.717) is 51.0 Å². The molecule has 6 rings (SSSR count). The summed E-state index contributed by atoms with van der Waals surface area (Å²) in [4.78, 5) is 40.8. The lowest BCUT2D eigenvalue weighted by Crippen LogP contribution is -2.54. The van der Waals surface area contributed by atoms with Crippen LogP contribution in [-0.4, -0.2) is 72.2 Å². The molecule has 0 aromatic rings. The van der Waals surface area contributed by atoms with Crippen LogP contribution in [0.2, 0.25) is 0 Å². The standard InChI is InChI=1S/C21H28F2N2O4/c1-29-17(28)19-7-4-18(5-8-19,6-9-19)15(26)25-12-20(22)11-24(10-14-2-3-14)16(27)21(20,23)13-25/h14H,2-13H2,1H3/t18?,19?,20-,21-/m0/s1. The number of fused-ring (bicyclic) bond motifs is 4. The van der Waals surface area contributed by atoms with Gasteiger partial charge in [0.05, 0.1) is 32.2 Å². The van der Waals surface area contributed by atoms with Crippen molar-refractivity contribution < 1.29 is 27.9 Å². The van der Waals surface area contributed by atoms with E-state index in [0.717, 1.165) is 12.8 Å². The van der Waals surface area contributed by atoms with Gasteiger partial charge in [-0.2, -0.15) is 0 Å². The molecule has 4 saturated carbocycles. The Morgan fingerprint density at radius 1 is 1.00 bits per heavy atom. The first-order valence-electron chi connectivity index (χ1n) is 10.7. The topological polar surface area (TPSA) is 66.9 Å². The van der Waals surface area contributed by atoms with Crippen LogP contribution in [0.25, 0.3) is 0 Å². The molecule has 160 valence electrons. The summed E-state index contributed by atoms with van der Waals surface area (Å²) < 4.78 is 36.2. The van der Waals surface area contributed by atoms with Crippen molar-refractivity contribution in [3.63, 3.8) is 0 Å². The second kappa shape index (κ2) is 5.91. The molecule has 2 bridgehead atoms. The molecule has 6 fully saturated rings. The van der Waals surface area contributed by atoms with Crippen molar-refractivity contribution in [2.24, 2.45) is 16.7 Å². The number of hydrogen-bond donors (Lipinski definition) is 0. The molecule has 2 atom stereocenters. The van der Waals surface area contributed by atoms with Crippen LogP contribution >= 0.6 is 0 Å². The summed E-state index contributed by atoms with van der Waals surface area (Å²) in [6.45, 7) is -0.698. The van der Waals surface area contributed by atoms with E-state index in [4.69, 9.17) is 4.74 Å². The average Bonchev–Trinajstić information content (AvgIpc) is 3.48. The van der Waals surface area contributed by atoms with Gasteiger partial charge in [-0.05, 0) is 57.3 Å². The zero-order chi connectivity index (χ0) is 20.7. The van der Waals surface area contributed by atoms with Gasteiger partial charge in [0.1, 0.15) is 0 Å². The fourth-order valence-electron chi connectivity index (χ4n) is 6.22. The van der Waals surface area contributed by atoms with E-state index in [1.807, 2.05) is 0 Å². The van der Waals surface area contributed by atoms with Gasteiger partial charge in [0, 0.05) is 12.0 Å². The highest BCUT2D eigenvalue weighted by molar-refractivity contribution is 5.93. The van der Waals surface area contributed by atoms with Crippen molar-refractivity contribution in [3.05, 3.63) is 0 Å². The zero-order valence-electron chi connectivity index (χ0n) is 16.8. The van der Waals surface area contributed by atoms with Crippen molar-refractivity contribution in [2.75, 3.05) is 33.3 Å². The Hall–Kier alpha value is -1.73. The van der Waals surface area contributed by atoms with Crippen molar-refractivity contribution in [1.82, 2.24) is 9.80 Å². The molecule has 2 aliphatic heterocycles. The lowest BCUT2D eigenvalue weighted by atomic mass is 9.53. The van der Waals surface area contributed by atoms with Crippen LogP contribution in [0.1, 0.15) is 51.4 Å². The molecule has 4 aliphatic carbocycles. The molecule has 8 heteroatoms. The van der Waals surface area contributed by atoms with Gasteiger partial charge in [-0.15, -0.1) is 0 Å². The number of hydrogen-bond acceptors (Lipinski definition) is 4. The Labute approximate surface area is 168 Å². The second-order valence-electron chi connectivity index (χ2n) is 10.1. The van der Waals surface area contributed by atoms with Crippen molar-refractivity contribution in [1.29, 1.82) is 0 Å². The molecule has 0 aromatic carbocycles. The summed E-state index contributed by atoms with van der Waals surface area (Å²) in [6.07, 6.45) is 5.27. The predicted octanol–water partition coefficient (Wildman–Crippen LogP) is 2.01. The Bertz CT molecular complexity index is 760. The van der Waals surface area contributed by atoms with Crippen LogP contribution in [0.15, 0.2) is 0 Å². The van der Waals surface area contributed by atoms with E-state index >= 15 is 8.78 Å². The molecule has 0 N–H and O–H groups in total. The van der Waals surface area contributed by atoms with Crippen molar-refractivity contribution in [3.8, 4) is 0 Å². The number of halogens is 2. The first-order valence-corrected chi connectivity index (χ1v) is 10.7. The van der Waals surface area contributed by atoms with Gasteiger partial charge in [0.2, 0.25) is 11.6 Å². The molecule has 2 amide bonds. The van der Waals surface area contributed by atoms with Gasteiger partial charge in [-0.25, -0.2) is 8.78 Å². The summed E-state index contributed by atoms with van der Waals surface area (Å²) in [5.41, 5.74) is -6.14. The number of carbonyl (C=O) groups excluding carboxylic acids is 3. The Balaban J connectivity index is 1.31. The zero-order valence-corrected chi connectivity index (χ0v) is 16.8. The smallest absolute Gasteiger partial charge is 0.311 e. The molecular weight excluding hydrogens is 382 g/mol. The van der Waals surface area contributed by atoms with E-state index in [2.05, 4.69) is 0 Å². The van der Waals surface area contributed by atoms with Gasteiger partial charge < -0.3 is 14.5 Å². The number of ether oxygens (including phenoxy) is 1. The molecule has 29 heavy (non-hydrogen) atoms. The lowest BCUT2D eigenvalue weighted by Gasteiger charge is -2.51. The van der Waals surface area contributed by atoms with Gasteiger partial charge in [0.25, 0.3) is 5.91 Å². The highest BCUT2D eigenvalue weighted by Crippen LogP contribution is 2.59. The predicted molar refractivity (Wildman–Crippen MR) is 98.1 cm³/mol. The highest BCUT2D eigenvalue weighted by Gasteiger charge is 2.72.